The number of anilines is 1. The second-order valence-corrected chi connectivity index (χ2v) is 8.77. The SMILES string of the molecule is CCN(CC)S(=O)(=O)c1cc(Cl)ccc1OCC(=O)Nc1c(Cl)cccc1Cl. The van der Waals surface area contributed by atoms with Gasteiger partial charge in [-0.05, 0) is 30.3 Å². The van der Waals surface area contributed by atoms with Crippen LogP contribution in [0.15, 0.2) is 41.3 Å². The topological polar surface area (TPSA) is 75.7 Å². The zero-order valence-electron chi connectivity index (χ0n) is 15.2. The molecule has 1 amide bonds. The Labute approximate surface area is 179 Å². The van der Waals surface area contributed by atoms with Crippen molar-refractivity contribution in [2.24, 2.45) is 0 Å². The van der Waals surface area contributed by atoms with Crippen molar-refractivity contribution in [3.8, 4) is 5.75 Å². The van der Waals surface area contributed by atoms with Crippen LogP contribution in [0.1, 0.15) is 13.8 Å². The largest absolute Gasteiger partial charge is 0.482 e. The second kappa shape index (κ2) is 9.80. The van der Waals surface area contributed by atoms with Gasteiger partial charge in [0.1, 0.15) is 10.6 Å². The van der Waals surface area contributed by atoms with E-state index in [1.54, 1.807) is 32.0 Å². The fourth-order valence-corrected chi connectivity index (χ4v) is 4.79. The number of hydrogen-bond acceptors (Lipinski definition) is 4. The van der Waals surface area contributed by atoms with Crippen LogP contribution in [0.3, 0.4) is 0 Å². The summed E-state index contributed by atoms with van der Waals surface area (Å²) >= 11 is 18.0. The molecular weight excluding hydrogens is 447 g/mol. The third kappa shape index (κ3) is 5.30. The summed E-state index contributed by atoms with van der Waals surface area (Å²) in [5.74, 6) is -0.521. The summed E-state index contributed by atoms with van der Waals surface area (Å²) in [5.41, 5.74) is 0.256. The molecule has 0 radical (unpaired) electrons. The van der Waals surface area contributed by atoms with Gasteiger partial charge >= 0.3 is 0 Å². The van der Waals surface area contributed by atoms with Crippen molar-refractivity contribution in [3.63, 3.8) is 0 Å². The molecule has 2 rings (SSSR count). The van der Waals surface area contributed by atoms with E-state index in [4.69, 9.17) is 39.5 Å². The molecule has 0 aromatic heterocycles. The van der Waals surface area contributed by atoms with Gasteiger partial charge in [-0.3, -0.25) is 4.79 Å². The molecule has 0 unspecified atom stereocenters. The highest BCUT2D eigenvalue weighted by molar-refractivity contribution is 7.89. The Morgan fingerprint density at radius 2 is 1.68 bits per heavy atom. The Morgan fingerprint density at radius 3 is 2.25 bits per heavy atom. The molecule has 0 aliphatic heterocycles. The first kappa shape index (κ1) is 22.8. The van der Waals surface area contributed by atoms with Crippen molar-refractivity contribution in [2.75, 3.05) is 25.0 Å². The molecule has 0 fully saturated rings. The number of nitrogens with one attached hydrogen (secondary N) is 1. The maximum absolute atomic E-state index is 12.8. The van der Waals surface area contributed by atoms with Crippen LogP contribution in [0.25, 0.3) is 0 Å². The Bertz CT molecular complexity index is 943. The van der Waals surface area contributed by atoms with E-state index in [9.17, 15) is 13.2 Å². The van der Waals surface area contributed by atoms with Crippen molar-refractivity contribution in [1.82, 2.24) is 4.31 Å². The maximum Gasteiger partial charge on any atom is 0.262 e. The molecule has 6 nitrogen and oxygen atoms in total. The number of hydrogen-bond donors (Lipinski definition) is 1. The first-order valence-corrected chi connectivity index (χ1v) is 10.9. The molecule has 0 aliphatic rings. The van der Waals surface area contributed by atoms with Crippen LogP contribution in [0.2, 0.25) is 15.1 Å². The quantitative estimate of drug-likeness (QED) is 0.613. The van der Waals surface area contributed by atoms with Gasteiger partial charge in [0.05, 0.1) is 15.7 Å². The zero-order chi connectivity index (χ0) is 20.9. The first-order valence-electron chi connectivity index (χ1n) is 8.37. The molecule has 0 aliphatic carbocycles. The number of ether oxygens (including phenoxy) is 1. The van der Waals surface area contributed by atoms with Crippen LogP contribution in [0.4, 0.5) is 5.69 Å². The van der Waals surface area contributed by atoms with Crippen LogP contribution in [-0.4, -0.2) is 38.3 Å². The van der Waals surface area contributed by atoms with Crippen LogP contribution >= 0.6 is 34.8 Å². The number of para-hydroxylation sites is 1. The van der Waals surface area contributed by atoms with Crippen molar-refractivity contribution in [1.29, 1.82) is 0 Å². The smallest absolute Gasteiger partial charge is 0.262 e. The molecule has 0 heterocycles. The molecule has 0 saturated heterocycles. The van der Waals surface area contributed by atoms with E-state index in [2.05, 4.69) is 5.32 Å². The van der Waals surface area contributed by atoms with E-state index in [0.29, 0.717) is 0 Å². The van der Waals surface area contributed by atoms with E-state index in [1.807, 2.05) is 0 Å². The average Bonchev–Trinajstić information content (AvgIpc) is 2.64. The van der Waals surface area contributed by atoms with Crippen LogP contribution in [0, 0.1) is 0 Å². The Morgan fingerprint density at radius 1 is 1.07 bits per heavy atom. The lowest BCUT2D eigenvalue weighted by Gasteiger charge is -2.20. The first-order chi connectivity index (χ1) is 13.2. The molecule has 0 atom stereocenters. The van der Waals surface area contributed by atoms with Crippen molar-refractivity contribution in [3.05, 3.63) is 51.5 Å². The average molecular weight is 466 g/mol. The molecule has 2 aromatic rings. The van der Waals surface area contributed by atoms with E-state index < -0.39 is 22.5 Å². The fourth-order valence-electron chi connectivity index (χ4n) is 2.44. The van der Waals surface area contributed by atoms with Gasteiger partial charge in [-0.2, -0.15) is 4.31 Å². The molecule has 2 aromatic carbocycles. The number of carbonyl (C=O) groups excluding carboxylic acids is 1. The Hall–Kier alpha value is -1.51. The third-order valence-electron chi connectivity index (χ3n) is 3.81. The van der Waals surface area contributed by atoms with E-state index in [0.717, 1.165) is 0 Å². The summed E-state index contributed by atoms with van der Waals surface area (Å²) in [6.07, 6.45) is 0. The normalized spacial score (nSPS) is 11.5. The molecule has 0 bridgehead atoms. The number of amides is 1. The summed E-state index contributed by atoms with van der Waals surface area (Å²) in [4.78, 5) is 12.1. The predicted molar refractivity (Wildman–Crippen MR) is 112 cm³/mol. The van der Waals surface area contributed by atoms with Crippen molar-refractivity contribution < 1.29 is 17.9 Å². The minimum Gasteiger partial charge on any atom is -0.482 e. The summed E-state index contributed by atoms with van der Waals surface area (Å²) in [7, 11) is -3.82. The highest BCUT2D eigenvalue weighted by Crippen LogP contribution is 2.31. The monoisotopic (exact) mass is 464 g/mol. The number of halogens is 3. The second-order valence-electron chi connectivity index (χ2n) is 5.61. The summed E-state index contributed by atoms with van der Waals surface area (Å²) in [6, 6.07) is 9.01. The number of benzene rings is 2. The number of sulfonamides is 1. The van der Waals surface area contributed by atoms with Gasteiger partial charge in [-0.25, -0.2) is 8.42 Å². The standard InChI is InChI=1S/C18H19Cl3N2O4S/c1-3-23(4-2)28(25,26)16-10-12(19)8-9-15(16)27-11-17(24)22-18-13(20)6-5-7-14(18)21/h5-10H,3-4,11H2,1-2H3,(H,22,24). The number of rotatable bonds is 8. The highest BCUT2D eigenvalue weighted by atomic mass is 35.5. The van der Waals surface area contributed by atoms with Gasteiger partial charge in [0, 0.05) is 18.1 Å². The lowest BCUT2D eigenvalue weighted by atomic mass is 10.3. The van der Waals surface area contributed by atoms with Crippen LogP contribution in [-0.2, 0) is 14.8 Å². The molecular formula is C18H19Cl3N2O4S. The Kier molecular flexibility index (Phi) is 7.97. The molecule has 0 saturated carbocycles. The van der Waals surface area contributed by atoms with E-state index in [-0.39, 0.29) is 44.5 Å². The Balaban J connectivity index is 2.22. The summed E-state index contributed by atoms with van der Waals surface area (Å²) in [6.45, 7) is 3.59. The maximum atomic E-state index is 12.8. The van der Waals surface area contributed by atoms with Crippen molar-refractivity contribution >= 4 is 56.4 Å². The van der Waals surface area contributed by atoms with Gasteiger partial charge in [-0.15, -0.1) is 0 Å². The van der Waals surface area contributed by atoms with Gasteiger partial charge in [0.2, 0.25) is 10.0 Å². The highest BCUT2D eigenvalue weighted by Gasteiger charge is 2.26. The fraction of sp³-hybridized carbons (Fsp3) is 0.278. The van der Waals surface area contributed by atoms with Crippen LogP contribution < -0.4 is 10.1 Å². The molecule has 0 spiro atoms. The number of carbonyl (C=O) groups is 1. The predicted octanol–water partition coefficient (Wildman–Crippen LogP) is 4.69. The third-order valence-corrected chi connectivity index (χ3v) is 6.75. The molecule has 1 N–H and O–H groups in total. The van der Waals surface area contributed by atoms with Gasteiger partial charge in [0.25, 0.3) is 5.91 Å². The van der Waals surface area contributed by atoms with Gasteiger partial charge < -0.3 is 10.1 Å². The molecule has 152 valence electrons. The van der Waals surface area contributed by atoms with E-state index in [1.165, 1.54) is 22.5 Å². The number of nitrogens with zero attached hydrogens (tertiary/aromatic N) is 1. The van der Waals surface area contributed by atoms with Crippen molar-refractivity contribution in [2.45, 2.75) is 18.7 Å². The van der Waals surface area contributed by atoms with Gasteiger partial charge in [0.15, 0.2) is 6.61 Å². The lowest BCUT2D eigenvalue weighted by Crippen LogP contribution is -2.31. The van der Waals surface area contributed by atoms with E-state index >= 15 is 0 Å². The minimum atomic E-state index is -3.82. The van der Waals surface area contributed by atoms with Gasteiger partial charge in [-0.1, -0.05) is 54.7 Å². The summed E-state index contributed by atoms with van der Waals surface area (Å²) in [5, 5.41) is 3.34. The summed E-state index contributed by atoms with van der Waals surface area (Å²) < 4.78 is 32.4. The molecule has 10 heteroatoms. The lowest BCUT2D eigenvalue weighted by molar-refractivity contribution is -0.118. The molecule has 28 heavy (non-hydrogen) atoms. The zero-order valence-corrected chi connectivity index (χ0v) is 18.3. The minimum absolute atomic E-state index is 0.0247. The van der Waals surface area contributed by atoms with Crippen LogP contribution in [0.5, 0.6) is 5.75 Å².